The third-order valence-electron chi connectivity index (χ3n) is 7.34. The molecule has 1 aromatic carbocycles. The van der Waals surface area contributed by atoms with Gasteiger partial charge in [0.15, 0.2) is 0 Å². The number of aromatic nitrogens is 1. The number of halogens is 5. The number of carboxylic acids is 1. The van der Waals surface area contributed by atoms with Crippen LogP contribution in [-0.2, 0) is 11.0 Å². The topological polar surface area (TPSA) is 83.0 Å². The van der Waals surface area contributed by atoms with E-state index in [1.165, 1.54) is 17.0 Å². The number of aliphatic carboxylic acids is 1. The second kappa shape index (κ2) is 9.59. The lowest BCUT2D eigenvalue weighted by Gasteiger charge is -2.48. The minimum Gasteiger partial charge on any atom is -0.492 e. The fourth-order valence-corrected chi connectivity index (χ4v) is 5.40. The van der Waals surface area contributed by atoms with Crippen molar-refractivity contribution in [3.63, 3.8) is 0 Å². The summed E-state index contributed by atoms with van der Waals surface area (Å²) in [6, 6.07) is 2.62. The number of alkyl halides is 3. The molecule has 3 fully saturated rings. The minimum atomic E-state index is -4.59. The number of carboxylic acid groups (broad SMARTS) is 1. The molecule has 38 heavy (non-hydrogen) atoms. The first-order valence-corrected chi connectivity index (χ1v) is 12.7. The lowest BCUT2D eigenvalue weighted by atomic mass is 9.82. The third kappa shape index (κ3) is 5.12. The van der Waals surface area contributed by atoms with E-state index in [4.69, 9.17) is 16.3 Å². The van der Waals surface area contributed by atoms with Gasteiger partial charge in [-0.05, 0) is 49.3 Å². The number of anilines is 1. The van der Waals surface area contributed by atoms with Crippen molar-refractivity contribution < 1.29 is 37.0 Å². The largest absolute Gasteiger partial charge is 0.492 e. The van der Waals surface area contributed by atoms with Crippen molar-refractivity contribution in [3.05, 3.63) is 51.9 Å². The van der Waals surface area contributed by atoms with Crippen molar-refractivity contribution in [3.8, 4) is 5.75 Å². The van der Waals surface area contributed by atoms with Gasteiger partial charge in [0.2, 0.25) is 0 Å². The lowest BCUT2D eigenvalue weighted by Crippen LogP contribution is -2.58. The van der Waals surface area contributed by atoms with Crippen LogP contribution in [-0.4, -0.2) is 59.1 Å². The number of nitrogens with zero attached hydrogens (tertiary/aromatic N) is 3. The Hall–Kier alpha value is -3.08. The molecule has 1 N–H and O–H groups in total. The summed E-state index contributed by atoms with van der Waals surface area (Å²) < 4.78 is 60.8. The highest BCUT2D eigenvalue weighted by molar-refractivity contribution is 6.31. The molecule has 2 aliphatic heterocycles. The van der Waals surface area contributed by atoms with Crippen LogP contribution in [0.1, 0.15) is 60.0 Å². The highest BCUT2D eigenvalue weighted by atomic mass is 35.5. The zero-order chi connectivity index (χ0) is 27.4. The molecule has 3 aliphatic rings. The normalized spacial score (nSPS) is 20.8. The SMILES string of the molecule is CC1(COc2cc(F)c(C(=O)N3CCC[C@H]3C(=O)O)cc2C2CC2)CN(c2cc(C(F)(F)F)c(Cl)cn2)C1. The van der Waals surface area contributed by atoms with Crippen LogP contribution < -0.4 is 9.64 Å². The van der Waals surface area contributed by atoms with Crippen molar-refractivity contribution in [2.45, 2.75) is 50.7 Å². The van der Waals surface area contributed by atoms with Gasteiger partial charge in [-0.15, -0.1) is 0 Å². The molecule has 2 aromatic rings. The number of amides is 1. The summed E-state index contributed by atoms with van der Waals surface area (Å²) in [5, 5.41) is 8.94. The van der Waals surface area contributed by atoms with Gasteiger partial charge in [0, 0.05) is 37.3 Å². The molecular weight excluding hydrogens is 530 g/mol. The molecule has 3 heterocycles. The predicted molar refractivity (Wildman–Crippen MR) is 130 cm³/mol. The second-order valence-corrected chi connectivity index (χ2v) is 11.0. The van der Waals surface area contributed by atoms with Crippen LogP contribution in [0.3, 0.4) is 0 Å². The number of pyridine rings is 1. The number of ether oxygens (including phenoxy) is 1. The summed E-state index contributed by atoms with van der Waals surface area (Å²) in [6.07, 6.45) is -0.998. The molecule has 1 aliphatic carbocycles. The summed E-state index contributed by atoms with van der Waals surface area (Å²) in [5.74, 6) is -1.93. The molecule has 0 bridgehead atoms. The zero-order valence-electron chi connectivity index (χ0n) is 20.5. The van der Waals surface area contributed by atoms with Crippen molar-refractivity contribution in [1.29, 1.82) is 0 Å². The van der Waals surface area contributed by atoms with Crippen LogP contribution in [0, 0.1) is 11.2 Å². The van der Waals surface area contributed by atoms with Gasteiger partial charge in [0.25, 0.3) is 5.91 Å². The van der Waals surface area contributed by atoms with E-state index in [-0.39, 0.29) is 30.5 Å². The van der Waals surface area contributed by atoms with Crippen LogP contribution in [0.2, 0.25) is 5.02 Å². The van der Waals surface area contributed by atoms with Gasteiger partial charge in [0.1, 0.15) is 23.4 Å². The van der Waals surface area contributed by atoms with Crippen LogP contribution in [0.25, 0.3) is 0 Å². The Morgan fingerprint density at radius 1 is 1.21 bits per heavy atom. The molecule has 0 spiro atoms. The average molecular weight is 556 g/mol. The summed E-state index contributed by atoms with van der Waals surface area (Å²) in [6.45, 7) is 3.11. The highest BCUT2D eigenvalue weighted by Crippen LogP contribution is 2.46. The number of carbonyl (C=O) groups is 2. The van der Waals surface area contributed by atoms with Crippen molar-refractivity contribution in [2.75, 3.05) is 31.1 Å². The molecule has 204 valence electrons. The molecule has 1 aromatic heterocycles. The van der Waals surface area contributed by atoms with E-state index < -0.39 is 45.9 Å². The van der Waals surface area contributed by atoms with Gasteiger partial charge >= 0.3 is 12.1 Å². The third-order valence-corrected chi connectivity index (χ3v) is 7.64. The Labute approximate surface area is 221 Å². The predicted octanol–water partition coefficient (Wildman–Crippen LogP) is 5.36. The molecule has 0 radical (unpaired) electrons. The van der Waals surface area contributed by atoms with Crippen molar-refractivity contribution in [2.24, 2.45) is 5.41 Å². The van der Waals surface area contributed by atoms with Crippen molar-refractivity contribution >= 4 is 29.3 Å². The molecule has 1 saturated carbocycles. The van der Waals surface area contributed by atoms with E-state index >= 15 is 4.39 Å². The minimum absolute atomic E-state index is 0.121. The smallest absolute Gasteiger partial charge is 0.418 e. The standard InChI is InChI=1S/C26H26ClF4N3O4/c1-25(11-33(12-25)22-8-17(26(29,30)31)18(27)10-32-22)13-38-21-9-19(28)16(7-15(21)14-4-5-14)23(35)34-6-2-3-20(34)24(36)37/h7-10,14,20H,2-6,11-13H2,1H3,(H,36,37)/t20-/m0/s1. The van der Waals surface area contributed by atoms with Gasteiger partial charge < -0.3 is 19.6 Å². The molecule has 12 heteroatoms. The first-order valence-electron chi connectivity index (χ1n) is 12.3. The molecule has 2 saturated heterocycles. The number of likely N-dealkylation sites (tertiary alicyclic amines) is 1. The van der Waals surface area contributed by atoms with E-state index in [1.54, 1.807) is 4.90 Å². The Balaban J connectivity index is 1.28. The van der Waals surface area contributed by atoms with Gasteiger partial charge in [-0.3, -0.25) is 4.79 Å². The number of hydrogen-bond donors (Lipinski definition) is 1. The van der Waals surface area contributed by atoms with Gasteiger partial charge in [-0.1, -0.05) is 18.5 Å². The molecule has 1 atom stereocenters. The molecular formula is C26H26ClF4N3O4. The Bertz CT molecular complexity index is 1280. The number of carbonyl (C=O) groups excluding carboxylic acids is 1. The average Bonchev–Trinajstić information content (AvgIpc) is 3.55. The van der Waals surface area contributed by atoms with E-state index in [0.29, 0.717) is 37.2 Å². The number of rotatable bonds is 7. The van der Waals surface area contributed by atoms with Crippen molar-refractivity contribution in [1.82, 2.24) is 9.88 Å². The van der Waals surface area contributed by atoms with Gasteiger partial charge in [-0.2, -0.15) is 13.2 Å². The fraction of sp³-hybridized carbons (Fsp3) is 0.500. The van der Waals surface area contributed by atoms with E-state index in [1.807, 2.05) is 6.92 Å². The van der Waals surface area contributed by atoms with Gasteiger partial charge in [0.05, 0.1) is 22.8 Å². The van der Waals surface area contributed by atoms with Crippen LogP contribution >= 0.6 is 11.6 Å². The van der Waals surface area contributed by atoms with Gasteiger partial charge in [-0.25, -0.2) is 14.2 Å². The molecule has 7 nitrogen and oxygen atoms in total. The monoisotopic (exact) mass is 555 g/mol. The Kier molecular flexibility index (Phi) is 6.69. The first kappa shape index (κ1) is 26.5. The number of hydrogen-bond acceptors (Lipinski definition) is 5. The fourth-order valence-electron chi connectivity index (χ4n) is 5.19. The quantitative estimate of drug-likeness (QED) is 0.463. The van der Waals surface area contributed by atoms with Crippen LogP contribution in [0.4, 0.5) is 23.4 Å². The second-order valence-electron chi connectivity index (χ2n) is 10.6. The summed E-state index contributed by atoms with van der Waals surface area (Å²) in [7, 11) is 0. The zero-order valence-corrected chi connectivity index (χ0v) is 21.3. The van der Waals surface area contributed by atoms with Crippen LogP contribution in [0.5, 0.6) is 5.75 Å². The maximum Gasteiger partial charge on any atom is 0.418 e. The first-order chi connectivity index (χ1) is 17.9. The summed E-state index contributed by atoms with van der Waals surface area (Å²) in [5.41, 5.74) is -0.829. The summed E-state index contributed by atoms with van der Waals surface area (Å²) in [4.78, 5) is 31.4. The maximum absolute atomic E-state index is 15.1. The van der Waals surface area contributed by atoms with E-state index in [2.05, 4.69) is 4.98 Å². The Morgan fingerprint density at radius 3 is 2.55 bits per heavy atom. The van der Waals surface area contributed by atoms with Crippen LogP contribution in [0.15, 0.2) is 24.4 Å². The Morgan fingerprint density at radius 2 is 1.92 bits per heavy atom. The van der Waals surface area contributed by atoms with E-state index in [0.717, 1.165) is 25.1 Å². The lowest BCUT2D eigenvalue weighted by molar-refractivity contribution is -0.141. The molecule has 0 unspecified atom stereocenters. The highest BCUT2D eigenvalue weighted by Gasteiger charge is 2.43. The maximum atomic E-state index is 15.1. The molecule has 1 amide bonds. The number of benzene rings is 1. The summed E-state index contributed by atoms with van der Waals surface area (Å²) >= 11 is 5.67. The molecule has 5 rings (SSSR count). The van der Waals surface area contributed by atoms with E-state index in [9.17, 15) is 27.9 Å².